The summed E-state index contributed by atoms with van der Waals surface area (Å²) in [4.78, 5) is 12.0. The molecule has 0 spiro atoms. The number of hydrogen-bond donors (Lipinski definition) is 3. The van der Waals surface area contributed by atoms with E-state index in [9.17, 15) is 9.90 Å². The highest BCUT2D eigenvalue weighted by atomic mass is 16.3. The molecular formula is C19H17N5O2. The van der Waals surface area contributed by atoms with E-state index in [-0.39, 0.29) is 18.0 Å². The highest BCUT2D eigenvalue weighted by molar-refractivity contribution is 5.94. The van der Waals surface area contributed by atoms with E-state index in [1.165, 1.54) is 6.07 Å². The topological polar surface area (TPSA) is 125 Å². The van der Waals surface area contributed by atoms with Crippen molar-refractivity contribution in [1.29, 1.82) is 5.26 Å². The fraction of sp³-hybridized carbons (Fsp3) is 0.263. The first-order valence-corrected chi connectivity index (χ1v) is 8.14. The van der Waals surface area contributed by atoms with Crippen molar-refractivity contribution in [2.24, 2.45) is 5.73 Å². The SMILES string of the molecule is C#Cc1ccc(-c2nnc(NC(=O)[C@H](N)CC#N)cc2C2CC2)c(O)c1. The van der Waals surface area contributed by atoms with Gasteiger partial charge in [-0.3, -0.25) is 4.79 Å². The number of hydrogen-bond acceptors (Lipinski definition) is 6. The van der Waals surface area contributed by atoms with Crippen molar-refractivity contribution in [1.82, 2.24) is 10.2 Å². The lowest BCUT2D eigenvalue weighted by Crippen LogP contribution is -2.35. The third-order valence-corrected chi connectivity index (χ3v) is 4.16. The van der Waals surface area contributed by atoms with Crippen LogP contribution in [0.1, 0.15) is 36.3 Å². The Bertz CT molecular complexity index is 938. The number of terminal acetylenes is 1. The second kappa shape index (κ2) is 7.22. The van der Waals surface area contributed by atoms with Gasteiger partial charge in [0.1, 0.15) is 11.4 Å². The van der Waals surface area contributed by atoms with Gasteiger partial charge in [-0.2, -0.15) is 5.26 Å². The van der Waals surface area contributed by atoms with Crippen LogP contribution in [0.5, 0.6) is 5.75 Å². The molecule has 1 aromatic carbocycles. The molecule has 2 aromatic rings. The number of nitriles is 1. The van der Waals surface area contributed by atoms with Gasteiger partial charge in [0.05, 0.1) is 18.5 Å². The van der Waals surface area contributed by atoms with E-state index in [1.54, 1.807) is 18.2 Å². The van der Waals surface area contributed by atoms with Gasteiger partial charge in [0.2, 0.25) is 5.91 Å². The zero-order valence-corrected chi connectivity index (χ0v) is 13.9. The van der Waals surface area contributed by atoms with Gasteiger partial charge in [-0.05, 0) is 48.6 Å². The standard InChI is InChI=1S/C19H17N5O2/c1-2-11-3-6-13(16(25)9-11)18-14(12-4-5-12)10-17(23-24-18)22-19(26)15(21)7-8-20/h1,3,6,9-10,12,15,25H,4-5,7,21H2,(H,22,23,26)/t15-/m1/s1. The Balaban J connectivity index is 1.93. The molecule has 1 aromatic heterocycles. The monoisotopic (exact) mass is 347 g/mol. The lowest BCUT2D eigenvalue weighted by Gasteiger charge is -2.13. The Morgan fingerprint density at radius 1 is 1.42 bits per heavy atom. The summed E-state index contributed by atoms with van der Waals surface area (Å²) in [6.07, 6.45) is 7.27. The highest BCUT2D eigenvalue weighted by Crippen LogP contribution is 2.45. The van der Waals surface area contributed by atoms with Crippen LogP contribution in [-0.4, -0.2) is 27.3 Å². The zero-order valence-electron chi connectivity index (χ0n) is 13.9. The number of anilines is 1. The van der Waals surface area contributed by atoms with Crippen molar-refractivity contribution < 1.29 is 9.90 Å². The number of carbonyl (C=O) groups is 1. The number of nitrogens with zero attached hydrogens (tertiary/aromatic N) is 3. The molecule has 1 aliphatic rings. The van der Waals surface area contributed by atoms with Crippen molar-refractivity contribution in [3.8, 4) is 35.4 Å². The normalized spacial score (nSPS) is 14.1. The van der Waals surface area contributed by atoms with Crippen molar-refractivity contribution in [2.45, 2.75) is 31.2 Å². The van der Waals surface area contributed by atoms with Crippen LogP contribution in [0.3, 0.4) is 0 Å². The summed E-state index contributed by atoms with van der Waals surface area (Å²) < 4.78 is 0. The summed E-state index contributed by atoms with van der Waals surface area (Å²) in [5.74, 6) is 2.59. The van der Waals surface area contributed by atoms with E-state index >= 15 is 0 Å². The second-order valence-corrected chi connectivity index (χ2v) is 6.14. The van der Waals surface area contributed by atoms with Gasteiger partial charge in [-0.1, -0.05) is 5.92 Å². The average molecular weight is 347 g/mol. The molecule has 1 aliphatic carbocycles. The summed E-state index contributed by atoms with van der Waals surface area (Å²) >= 11 is 0. The third-order valence-electron chi connectivity index (χ3n) is 4.16. The Hall–Kier alpha value is -3.42. The highest BCUT2D eigenvalue weighted by Gasteiger charge is 2.29. The fourth-order valence-corrected chi connectivity index (χ4v) is 2.61. The summed E-state index contributed by atoms with van der Waals surface area (Å²) in [5, 5.41) is 29.7. The van der Waals surface area contributed by atoms with Crippen LogP contribution in [-0.2, 0) is 4.79 Å². The van der Waals surface area contributed by atoms with Crippen molar-refractivity contribution in [2.75, 3.05) is 5.32 Å². The molecule has 0 radical (unpaired) electrons. The largest absolute Gasteiger partial charge is 0.507 e. The number of nitrogens with one attached hydrogen (secondary N) is 1. The molecule has 1 amide bonds. The van der Waals surface area contributed by atoms with Gasteiger partial charge < -0.3 is 16.2 Å². The zero-order chi connectivity index (χ0) is 18.7. The molecule has 3 rings (SSSR count). The number of carbonyl (C=O) groups excluding carboxylic acids is 1. The Morgan fingerprint density at radius 3 is 2.81 bits per heavy atom. The fourth-order valence-electron chi connectivity index (χ4n) is 2.61. The predicted molar refractivity (Wildman–Crippen MR) is 95.9 cm³/mol. The molecule has 26 heavy (non-hydrogen) atoms. The molecule has 1 saturated carbocycles. The van der Waals surface area contributed by atoms with Crippen LogP contribution in [0, 0.1) is 23.7 Å². The molecule has 1 atom stereocenters. The first kappa shape index (κ1) is 17.4. The number of aromatic hydroxyl groups is 1. The lowest BCUT2D eigenvalue weighted by molar-refractivity contribution is -0.117. The molecule has 7 nitrogen and oxygen atoms in total. The maximum atomic E-state index is 12.0. The summed E-state index contributed by atoms with van der Waals surface area (Å²) in [5.41, 5.74) is 8.19. The van der Waals surface area contributed by atoms with Crippen LogP contribution in [0.2, 0.25) is 0 Å². The Labute approximate surface area is 150 Å². The van der Waals surface area contributed by atoms with Crippen molar-refractivity contribution in [3.63, 3.8) is 0 Å². The molecule has 7 heteroatoms. The molecular weight excluding hydrogens is 330 g/mol. The molecule has 1 fully saturated rings. The van der Waals surface area contributed by atoms with Crippen LogP contribution >= 0.6 is 0 Å². The van der Waals surface area contributed by atoms with E-state index in [2.05, 4.69) is 21.4 Å². The minimum atomic E-state index is -0.925. The Morgan fingerprint density at radius 2 is 2.19 bits per heavy atom. The molecule has 0 aliphatic heterocycles. The number of amides is 1. The lowest BCUT2D eigenvalue weighted by atomic mass is 10.0. The number of aromatic nitrogens is 2. The van der Waals surface area contributed by atoms with Gasteiger partial charge >= 0.3 is 0 Å². The van der Waals surface area contributed by atoms with E-state index in [4.69, 9.17) is 17.4 Å². The summed E-state index contributed by atoms with van der Waals surface area (Å²) in [7, 11) is 0. The smallest absolute Gasteiger partial charge is 0.243 e. The average Bonchev–Trinajstić information content (AvgIpc) is 3.47. The van der Waals surface area contributed by atoms with E-state index in [0.717, 1.165) is 18.4 Å². The Kier molecular flexibility index (Phi) is 4.83. The quantitative estimate of drug-likeness (QED) is 0.709. The maximum absolute atomic E-state index is 12.0. The maximum Gasteiger partial charge on any atom is 0.243 e. The minimum absolute atomic E-state index is 0.0319. The number of phenols is 1. The van der Waals surface area contributed by atoms with Crippen LogP contribution in [0.15, 0.2) is 24.3 Å². The second-order valence-electron chi connectivity index (χ2n) is 6.14. The third kappa shape index (κ3) is 3.64. The number of phenolic OH excluding ortho intramolecular Hbond substituents is 1. The first-order valence-electron chi connectivity index (χ1n) is 8.14. The molecule has 1 heterocycles. The number of benzene rings is 1. The predicted octanol–water partition coefficient (Wildman–Crippen LogP) is 1.89. The van der Waals surface area contributed by atoms with E-state index < -0.39 is 11.9 Å². The van der Waals surface area contributed by atoms with Gasteiger partial charge in [0, 0.05) is 11.1 Å². The number of nitrogens with two attached hydrogens (primary N) is 1. The van der Waals surface area contributed by atoms with Gasteiger partial charge in [-0.15, -0.1) is 16.6 Å². The molecule has 0 unspecified atom stereocenters. The van der Waals surface area contributed by atoms with Crippen LogP contribution in [0.4, 0.5) is 5.82 Å². The molecule has 0 bridgehead atoms. The summed E-state index contributed by atoms with van der Waals surface area (Å²) in [6.45, 7) is 0. The van der Waals surface area contributed by atoms with Crippen molar-refractivity contribution >= 4 is 11.7 Å². The summed E-state index contributed by atoms with van der Waals surface area (Å²) in [6, 6.07) is 7.61. The van der Waals surface area contributed by atoms with Gasteiger partial charge in [0.25, 0.3) is 0 Å². The first-order chi connectivity index (χ1) is 12.5. The molecule has 4 N–H and O–H groups in total. The minimum Gasteiger partial charge on any atom is -0.507 e. The van der Waals surface area contributed by atoms with Gasteiger partial charge in [0.15, 0.2) is 5.82 Å². The van der Waals surface area contributed by atoms with Crippen LogP contribution < -0.4 is 11.1 Å². The molecule has 130 valence electrons. The van der Waals surface area contributed by atoms with E-state index in [0.29, 0.717) is 22.7 Å². The van der Waals surface area contributed by atoms with Gasteiger partial charge in [-0.25, -0.2) is 0 Å². The number of rotatable bonds is 5. The van der Waals surface area contributed by atoms with Crippen LogP contribution in [0.25, 0.3) is 11.3 Å². The van der Waals surface area contributed by atoms with Crippen molar-refractivity contribution in [3.05, 3.63) is 35.4 Å². The molecule has 0 saturated heterocycles. The van der Waals surface area contributed by atoms with E-state index in [1.807, 2.05) is 6.07 Å².